The molecule has 1 heterocycles. The lowest BCUT2D eigenvalue weighted by atomic mass is 10.1. The van der Waals surface area contributed by atoms with Gasteiger partial charge in [-0.15, -0.1) is 11.3 Å². The molecular weight excluding hydrogens is 290 g/mol. The second kappa shape index (κ2) is 7.00. The van der Waals surface area contributed by atoms with E-state index in [0.717, 1.165) is 6.42 Å². The number of thiophene rings is 1. The second-order valence-electron chi connectivity index (χ2n) is 5.19. The van der Waals surface area contributed by atoms with Crippen molar-refractivity contribution in [2.24, 2.45) is 5.73 Å². The number of rotatable bonds is 6. The number of nitrogens with two attached hydrogens (primary N) is 1. The van der Waals surface area contributed by atoms with Gasteiger partial charge in [-0.1, -0.05) is 6.07 Å². The third kappa shape index (κ3) is 3.80. The van der Waals surface area contributed by atoms with E-state index in [9.17, 15) is 8.78 Å². The minimum atomic E-state index is -0.529. The zero-order valence-corrected chi connectivity index (χ0v) is 13.1. The van der Waals surface area contributed by atoms with Gasteiger partial charge in [-0.05, 0) is 49.0 Å². The summed E-state index contributed by atoms with van der Waals surface area (Å²) in [6, 6.07) is 6.77. The van der Waals surface area contributed by atoms with Crippen LogP contribution in [0.2, 0.25) is 0 Å². The molecule has 0 aliphatic carbocycles. The summed E-state index contributed by atoms with van der Waals surface area (Å²) in [5, 5.41) is 2.00. The van der Waals surface area contributed by atoms with Crippen LogP contribution in [0.4, 0.5) is 14.5 Å². The molecule has 0 aliphatic heterocycles. The van der Waals surface area contributed by atoms with E-state index in [1.807, 2.05) is 24.4 Å². The van der Waals surface area contributed by atoms with Crippen molar-refractivity contribution in [3.63, 3.8) is 0 Å². The van der Waals surface area contributed by atoms with Crippen LogP contribution in [0.5, 0.6) is 0 Å². The molecule has 0 bridgehead atoms. The van der Waals surface area contributed by atoms with Crippen LogP contribution in [0.15, 0.2) is 29.6 Å². The van der Waals surface area contributed by atoms with E-state index in [4.69, 9.17) is 5.73 Å². The lowest BCUT2D eigenvalue weighted by molar-refractivity contribution is 0.558. The van der Waals surface area contributed by atoms with Gasteiger partial charge in [0.2, 0.25) is 0 Å². The highest BCUT2D eigenvalue weighted by Crippen LogP contribution is 2.27. The second-order valence-corrected chi connectivity index (χ2v) is 6.22. The minimum absolute atomic E-state index is 0.00742. The molecule has 0 saturated carbocycles. The largest absolute Gasteiger partial charge is 0.367 e. The first-order chi connectivity index (χ1) is 10.0. The number of anilines is 1. The van der Waals surface area contributed by atoms with E-state index < -0.39 is 11.6 Å². The molecule has 0 spiro atoms. The van der Waals surface area contributed by atoms with Gasteiger partial charge < -0.3 is 10.6 Å². The standard InChI is InChI=1S/C16H20F2N2S/c1-11(8-13-4-3-7-21-13)20(2)16-14(17)9-12(5-6-19)10-15(16)18/h3-4,7,9-11H,5-6,8,19H2,1-2H3. The predicted molar refractivity (Wildman–Crippen MR) is 85.0 cm³/mol. The van der Waals surface area contributed by atoms with Crippen LogP contribution in [0.3, 0.4) is 0 Å². The Kier molecular flexibility index (Phi) is 5.31. The van der Waals surface area contributed by atoms with Gasteiger partial charge in [-0.25, -0.2) is 8.78 Å². The summed E-state index contributed by atoms with van der Waals surface area (Å²) in [6.07, 6.45) is 1.24. The molecule has 1 unspecified atom stereocenters. The van der Waals surface area contributed by atoms with Crippen molar-refractivity contribution in [2.45, 2.75) is 25.8 Å². The quantitative estimate of drug-likeness (QED) is 0.883. The Morgan fingerprint density at radius 1 is 1.29 bits per heavy atom. The third-order valence-electron chi connectivity index (χ3n) is 3.60. The number of benzene rings is 1. The van der Waals surface area contributed by atoms with Crippen LogP contribution in [-0.2, 0) is 12.8 Å². The van der Waals surface area contributed by atoms with Gasteiger partial charge in [-0.2, -0.15) is 0 Å². The Hall–Kier alpha value is -1.46. The SMILES string of the molecule is CC(Cc1cccs1)N(C)c1c(F)cc(CCN)cc1F. The molecule has 2 N–H and O–H groups in total. The molecule has 1 aromatic carbocycles. The average molecular weight is 310 g/mol. The zero-order chi connectivity index (χ0) is 15.4. The van der Waals surface area contributed by atoms with E-state index in [1.165, 1.54) is 17.0 Å². The summed E-state index contributed by atoms with van der Waals surface area (Å²) in [5.41, 5.74) is 6.05. The molecule has 2 aromatic rings. The summed E-state index contributed by atoms with van der Waals surface area (Å²) >= 11 is 1.65. The smallest absolute Gasteiger partial charge is 0.149 e. The number of hydrogen-bond acceptors (Lipinski definition) is 3. The molecule has 0 fully saturated rings. The minimum Gasteiger partial charge on any atom is -0.367 e. The van der Waals surface area contributed by atoms with Crippen LogP contribution in [-0.4, -0.2) is 19.6 Å². The first-order valence-corrected chi connectivity index (χ1v) is 7.84. The normalized spacial score (nSPS) is 12.4. The number of hydrogen-bond donors (Lipinski definition) is 1. The van der Waals surface area contributed by atoms with Crippen molar-refractivity contribution < 1.29 is 8.78 Å². The molecule has 1 atom stereocenters. The predicted octanol–water partition coefficient (Wildman–Crippen LogP) is 3.59. The fraction of sp³-hybridized carbons (Fsp3) is 0.375. The van der Waals surface area contributed by atoms with Gasteiger partial charge in [0.25, 0.3) is 0 Å². The monoisotopic (exact) mass is 310 g/mol. The topological polar surface area (TPSA) is 29.3 Å². The van der Waals surface area contributed by atoms with E-state index in [0.29, 0.717) is 18.5 Å². The lowest BCUT2D eigenvalue weighted by Gasteiger charge is -2.27. The molecule has 5 heteroatoms. The van der Waals surface area contributed by atoms with Crippen LogP contribution in [0, 0.1) is 11.6 Å². The van der Waals surface area contributed by atoms with Gasteiger partial charge in [-0.3, -0.25) is 0 Å². The van der Waals surface area contributed by atoms with Crippen LogP contribution >= 0.6 is 11.3 Å². The Bertz CT molecular complexity index is 561. The summed E-state index contributed by atoms with van der Waals surface area (Å²) in [7, 11) is 1.72. The van der Waals surface area contributed by atoms with Crippen molar-refractivity contribution in [1.82, 2.24) is 0 Å². The Labute approximate surface area is 128 Å². The number of likely N-dealkylation sites (N-methyl/N-ethyl adjacent to an activating group) is 1. The maximum absolute atomic E-state index is 14.2. The molecule has 1 aromatic heterocycles. The van der Waals surface area contributed by atoms with Gasteiger partial charge in [0.05, 0.1) is 0 Å². The molecule has 0 radical (unpaired) electrons. The fourth-order valence-electron chi connectivity index (χ4n) is 2.34. The lowest BCUT2D eigenvalue weighted by Crippen LogP contribution is -2.32. The third-order valence-corrected chi connectivity index (χ3v) is 4.50. The van der Waals surface area contributed by atoms with E-state index in [2.05, 4.69) is 0 Å². The van der Waals surface area contributed by atoms with Crippen molar-refractivity contribution >= 4 is 17.0 Å². The van der Waals surface area contributed by atoms with Gasteiger partial charge in [0, 0.05) is 24.4 Å². The van der Waals surface area contributed by atoms with E-state index >= 15 is 0 Å². The van der Waals surface area contributed by atoms with Crippen LogP contribution in [0.1, 0.15) is 17.4 Å². The zero-order valence-electron chi connectivity index (χ0n) is 12.3. The van der Waals surface area contributed by atoms with Crippen molar-refractivity contribution in [3.05, 3.63) is 51.7 Å². The van der Waals surface area contributed by atoms with Crippen LogP contribution in [0.25, 0.3) is 0 Å². The Morgan fingerprint density at radius 3 is 2.48 bits per heavy atom. The maximum atomic E-state index is 14.2. The highest BCUT2D eigenvalue weighted by atomic mass is 32.1. The average Bonchev–Trinajstić information content (AvgIpc) is 2.91. The summed E-state index contributed by atoms with van der Waals surface area (Å²) < 4.78 is 28.4. The van der Waals surface area contributed by atoms with Gasteiger partial charge in [0.1, 0.15) is 17.3 Å². The molecule has 2 nitrogen and oxygen atoms in total. The molecule has 21 heavy (non-hydrogen) atoms. The molecule has 0 aliphatic rings. The van der Waals surface area contributed by atoms with Crippen molar-refractivity contribution in [3.8, 4) is 0 Å². The number of halogens is 2. The van der Waals surface area contributed by atoms with Crippen molar-refractivity contribution in [2.75, 3.05) is 18.5 Å². The van der Waals surface area contributed by atoms with Crippen molar-refractivity contribution in [1.29, 1.82) is 0 Å². The first kappa shape index (κ1) is 15.9. The molecule has 2 rings (SSSR count). The summed E-state index contributed by atoms with van der Waals surface area (Å²) in [5.74, 6) is -1.06. The highest BCUT2D eigenvalue weighted by Gasteiger charge is 2.19. The maximum Gasteiger partial charge on any atom is 0.149 e. The fourth-order valence-corrected chi connectivity index (χ4v) is 3.17. The molecule has 0 amide bonds. The van der Waals surface area contributed by atoms with Gasteiger partial charge in [0.15, 0.2) is 0 Å². The molecular formula is C16H20F2N2S. The summed E-state index contributed by atoms with van der Waals surface area (Å²) in [4.78, 5) is 2.87. The van der Waals surface area contributed by atoms with E-state index in [1.54, 1.807) is 23.3 Å². The van der Waals surface area contributed by atoms with E-state index in [-0.39, 0.29) is 11.7 Å². The Morgan fingerprint density at radius 2 is 1.95 bits per heavy atom. The van der Waals surface area contributed by atoms with Crippen LogP contribution < -0.4 is 10.6 Å². The Balaban J connectivity index is 2.20. The molecule has 114 valence electrons. The number of nitrogens with zero attached hydrogens (tertiary/aromatic N) is 1. The van der Waals surface area contributed by atoms with Gasteiger partial charge >= 0.3 is 0 Å². The summed E-state index contributed by atoms with van der Waals surface area (Å²) in [6.45, 7) is 2.34. The molecule has 0 saturated heterocycles. The highest BCUT2D eigenvalue weighted by molar-refractivity contribution is 7.09. The first-order valence-electron chi connectivity index (χ1n) is 6.96.